The minimum atomic E-state index is 0.242. The molecule has 1 N–H and O–H groups in total. The molecule has 1 aliphatic heterocycles. The molecule has 0 radical (unpaired) electrons. The molecule has 2 nitrogen and oxygen atoms in total. The monoisotopic (exact) mass is 217 g/mol. The highest BCUT2D eigenvalue weighted by atomic mass is 32.2. The third kappa shape index (κ3) is 3.79. The molecule has 1 fully saturated rings. The van der Waals surface area contributed by atoms with Gasteiger partial charge in [0.05, 0.1) is 18.8 Å². The molecule has 84 valence electrons. The molecule has 1 rings (SSSR count). The molecular formula is C11H23NOS. The Morgan fingerprint density at radius 2 is 1.93 bits per heavy atom. The Morgan fingerprint density at radius 1 is 1.36 bits per heavy atom. The van der Waals surface area contributed by atoms with Gasteiger partial charge in [0.25, 0.3) is 0 Å². The average molecular weight is 217 g/mol. The van der Waals surface area contributed by atoms with Gasteiger partial charge in [-0.2, -0.15) is 0 Å². The molecule has 0 aromatic rings. The van der Waals surface area contributed by atoms with Gasteiger partial charge in [-0.05, 0) is 33.1 Å². The summed E-state index contributed by atoms with van der Waals surface area (Å²) in [6, 6.07) is 0. The van der Waals surface area contributed by atoms with E-state index in [0.717, 1.165) is 19.1 Å². The molecule has 0 aromatic carbocycles. The predicted molar refractivity (Wildman–Crippen MR) is 63.5 cm³/mol. The van der Waals surface area contributed by atoms with Crippen molar-refractivity contribution in [1.82, 2.24) is 4.72 Å². The van der Waals surface area contributed by atoms with Crippen LogP contribution in [0.3, 0.4) is 0 Å². The Labute approximate surface area is 92.3 Å². The maximum atomic E-state index is 5.33. The maximum absolute atomic E-state index is 5.33. The molecule has 0 bridgehead atoms. The lowest BCUT2D eigenvalue weighted by Crippen LogP contribution is -2.59. The summed E-state index contributed by atoms with van der Waals surface area (Å²) in [5.41, 5.74) is 0.242. The van der Waals surface area contributed by atoms with Crippen molar-refractivity contribution in [2.24, 2.45) is 5.92 Å². The SMILES string of the molecule is CC(C)CC1(NSC(C)(C)C)COC1. The van der Waals surface area contributed by atoms with Crippen LogP contribution in [0.1, 0.15) is 41.0 Å². The Balaban J connectivity index is 2.38. The van der Waals surface area contributed by atoms with Crippen molar-refractivity contribution in [3.63, 3.8) is 0 Å². The second-order valence-electron chi connectivity index (χ2n) is 5.69. The molecule has 3 heteroatoms. The van der Waals surface area contributed by atoms with Gasteiger partial charge in [-0.15, -0.1) is 0 Å². The molecule has 0 saturated carbocycles. The summed E-state index contributed by atoms with van der Waals surface area (Å²) in [5.74, 6) is 0.729. The number of ether oxygens (including phenoxy) is 1. The summed E-state index contributed by atoms with van der Waals surface area (Å²) in [6.45, 7) is 13.0. The van der Waals surface area contributed by atoms with Crippen molar-refractivity contribution in [1.29, 1.82) is 0 Å². The van der Waals surface area contributed by atoms with Crippen molar-refractivity contribution in [2.75, 3.05) is 13.2 Å². The number of rotatable bonds is 4. The highest BCUT2D eigenvalue weighted by Gasteiger charge is 2.39. The third-order valence-electron chi connectivity index (χ3n) is 2.13. The van der Waals surface area contributed by atoms with E-state index in [-0.39, 0.29) is 10.3 Å². The predicted octanol–water partition coefficient (Wildman–Crippen LogP) is 2.84. The van der Waals surface area contributed by atoms with E-state index in [9.17, 15) is 0 Å². The minimum Gasteiger partial charge on any atom is -0.377 e. The number of hydrogen-bond donors (Lipinski definition) is 1. The molecule has 0 amide bonds. The lowest BCUT2D eigenvalue weighted by atomic mass is 9.88. The van der Waals surface area contributed by atoms with Crippen LogP contribution in [0, 0.1) is 5.92 Å². The van der Waals surface area contributed by atoms with Gasteiger partial charge in [-0.1, -0.05) is 25.8 Å². The van der Waals surface area contributed by atoms with Gasteiger partial charge >= 0.3 is 0 Å². The molecule has 0 aliphatic carbocycles. The van der Waals surface area contributed by atoms with Crippen LogP contribution in [0.15, 0.2) is 0 Å². The van der Waals surface area contributed by atoms with Gasteiger partial charge in [-0.25, -0.2) is 0 Å². The zero-order valence-electron chi connectivity index (χ0n) is 10.0. The van der Waals surface area contributed by atoms with Crippen molar-refractivity contribution >= 4 is 11.9 Å². The van der Waals surface area contributed by atoms with Gasteiger partial charge < -0.3 is 4.74 Å². The van der Waals surface area contributed by atoms with Crippen LogP contribution in [0.25, 0.3) is 0 Å². The normalized spacial score (nSPS) is 21.0. The van der Waals surface area contributed by atoms with Crippen molar-refractivity contribution in [3.8, 4) is 0 Å². The summed E-state index contributed by atoms with van der Waals surface area (Å²) in [7, 11) is 0. The fraction of sp³-hybridized carbons (Fsp3) is 1.00. The summed E-state index contributed by atoms with van der Waals surface area (Å²) in [5, 5.41) is 0. The standard InChI is InChI=1S/C11H23NOS/c1-9(2)6-11(7-13-8-11)12-14-10(3,4)5/h9,12H,6-8H2,1-5H3. The molecule has 0 aromatic heterocycles. The van der Waals surface area contributed by atoms with Crippen LogP contribution in [0.5, 0.6) is 0 Å². The zero-order valence-corrected chi connectivity index (χ0v) is 10.8. The molecule has 0 spiro atoms. The Morgan fingerprint density at radius 3 is 2.21 bits per heavy atom. The quantitative estimate of drug-likeness (QED) is 0.732. The van der Waals surface area contributed by atoms with Crippen LogP contribution in [0.4, 0.5) is 0 Å². The fourth-order valence-corrected chi connectivity index (χ4v) is 2.33. The maximum Gasteiger partial charge on any atom is 0.0751 e. The van der Waals surface area contributed by atoms with Crippen molar-refractivity contribution in [2.45, 2.75) is 51.3 Å². The van der Waals surface area contributed by atoms with E-state index in [4.69, 9.17) is 4.74 Å². The second-order valence-corrected chi connectivity index (χ2v) is 7.32. The lowest BCUT2D eigenvalue weighted by Gasteiger charge is -2.44. The first-order chi connectivity index (χ1) is 6.33. The summed E-state index contributed by atoms with van der Waals surface area (Å²) in [4.78, 5) is 0. The van der Waals surface area contributed by atoms with E-state index in [1.54, 1.807) is 0 Å². The highest BCUT2D eigenvalue weighted by molar-refractivity contribution is 7.98. The van der Waals surface area contributed by atoms with Crippen LogP contribution in [0.2, 0.25) is 0 Å². The first kappa shape index (κ1) is 12.3. The molecule has 1 heterocycles. The van der Waals surface area contributed by atoms with Gasteiger partial charge in [-0.3, -0.25) is 4.72 Å². The van der Waals surface area contributed by atoms with Gasteiger partial charge in [0, 0.05) is 4.75 Å². The first-order valence-electron chi connectivity index (χ1n) is 5.36. The van der Waals surface area contributed by atoms with Crippen LogP contribution in [-0.2, 0) is 4.74 Å². The van der Waals surface area contributed by atoms with Crippen molar-refractivity contribution < 1.29 is 4.74 Å². The van der Waals surface area contributed by atoms with E-state index in [1.807, 2.05) is 11.9 Å². The van der Waals surface area contributed by atoms with Gasteiger partial charge in [0.15, 0.2) is 0 Å². The van der Waals surface area contributed by atoms with E-state index < -0.39 is 0 Å². The van der Waals surface area contributed by atoms with E-state index in [0.29, 0.717) is 0 Å². The smallest absolute Gasteiger partial charge is 0.0751 e. The lowest BCUT2D eigenvalue weighted by molar-refractivity contribution is -0.0705. The summed E-state index contributed by atoms with van der Waals surface area (Å²) < 4.78 is 9.20. The minimum absolute atomic E-state index is 0.242. The van der Waals surface area contributed by atoms with Crippen LogP contribution in [-0.4, -0.2) is 23.5 Å². The Hall–Kier alpha value is 0.270. The molecule has 1 aliphatic rings. The van der Waals surface area contributed by atoms with E-state index >= 15 is 0 Å². The Bertz CT molecular complexity index is 182. The fourth-order valence-electron chi connectivity index (χ4n) is 1.61. The van der Waals surface area contributed by atoms with Gasteiger partial charge in [0.2, 0.25) is 0 Å². The van der Waals surface area contributed by atoms with Gasteiger partial charge in [0.1, 0.15) is 0 Å². The second kappa shape index (κ2) is 4.42. The topological polar surface area (TPSA) is 21.3 Å². The zero-order chi connectivity index (χ0) is 10.8. The molecular weight excluding hydrogens is 194 g/mol. The van der Waals surface area contributed by atoms with Crippen LogP contribution < -0.4 is 4.72 Å². The average Bonchev–Trinajstić information content (AvgIpc) is 1.92. The van der Waals surface area contributed by atoms with Crippen molar-refractivity contribution in [3.05, 3.63) is 0 Å². The largest absolute Gasteiger partial charge is 0.377 e. The Kier molecular flexibility index (Phi) is 3.89. The summed E-state index contributed by atoms with van der Waals surface area (Å²) >= 11 is 1.83. The van der Waals surface area contributed by atoms with Crippen LogP contribution >= 0.6 is 11.9 Å². The van der Waals surface area contributed by atoms with E-state index in [2.05, 4.69) is 39.3 Å². The summed E-state index contributed by atoms with van der Waals surface area (Å²) in [6.07, 6.45) is 1.20. The molecule has 0 atom stereocenters. The molecule has 0 unspecified atom stereocenters. The first-order valence-corrected chi connectivity index (χ1v) is 6.18. The highest BCUT2D eigenvalue weighted by Crippen LogP contribution is 2.31. The van der Waals surface area contributed by atoms with E-state index in [1.165, 1.54) is 6.42 Å². The third-order valence-corrected chi connectivity index (χ3v) is 3.28. The number of hydrogen-bond acceptors (Lipinski definition) is 3. The molecule has 14 heavy (non-hydrogen) atoms. The number of nitrogens with one attached hydrogen (secondary N) is 1. The molecule has 1 saturated heterocycles.